The Bertz CT molecular complexity index is 27.0. The predicted molar refractivity (Wildman–Crippen MR) is 9.92 cm³/mol. The van der Waals surface area contributed by atoms with Gasteiger partial charge in [0.1, 0.15) is 0 Å². The molecule has 0 aliphatic rings. The van der Waals surface area contributed by atoms with Crippen molar-refractivity contribution >= 4 is 23.1 Å². The van der Waals surface area contributed by atoms with Crippen molar-refractivity contribution in [2.45, 2.75) is 0 Å². The number of hydrogen-bond acceptors (Lipinski definition) is 2. The summed E-state index contributed by atoms with van der Waals surface area (Å²) in [5, 5.41) is 0. The number of hydrogen-bond donors (Lipinski definition) is 0. The van der Waals surface area contributed by atoms with Crippen LogP contribution >= 0.6 is 0 Å². The Balaban J connectivity index is 0. The van der Waals surface area contributed by atoms with Crippen molar-refractivity contribution in [1.29, 1.82) is 0 Å². The first kappa shape index (κ1) is 8.98. The van der Waals surface area contributed by atoms with Crippen molar-refractivity contribution < 1.29 is 28.9 Å². The third kappa shape index (κ3) is 10.5. The van der Waals surface area contributed by atoms with Gasteiger partial charge < -0.3 is 0 Å². The normalized spacial score (nSPS) is 2.00. The molecule has 0 aromatic rings. The minimum atomic E-state index is -2.27. The summed E-state index contributed by atoms with van der Waals surface area (Å²) in [6.07, 6.45) is 0. The van der Waals surface area contributed by atoms with E-state index < -0.39 is 23.2 Å². The molecule has 0 aliphatic carbocycles. The Labute approximate surface area is 51.6 Å². The molecule has 4 heteroatoms. The summed E-state index contributed by atoms with van der Waals surface area (Å²) in [7, 11) is 0. The molecular weight excluding hydrogens is 148 g/mol. The van der Waals surface area contributed by atoms with Gasteiger partial charge in [-0.25, -0.2) is 0 Å². The van der Waals surface area contributed by atoms with Gasteiger partial charge >= 0.3 is 51.9 Å². The van der Waals surface area contributed by atoms with E-state index in [1.807, 2.05) is 0 Å². The van der Waals surface area contributed by atoms with Gasteiger partial charge in [0, 0.05) is 0 Å². The Morgan fingerprint density at radius 1 is 1.25 bits per heavy atom. The quantitative estimate of drug-likeness (QED) is 0.408. The van der Waals surface area contributed by atoms with Crippen molar-refractivity contribution in [3.63, 3.8) is 0 Å². The molecule has 0 aliphatic heterocycles. The van der Waals surface area contributed by atoms with Crippen LogP contribution in [0.15, 0.2) is 0 Å². The van der Waals surface area contributed by atoms with Gasteiger partial charge in [-0.3, -0.25) is 0 Å². The van der Waals surface area contributed by atoms with E-state index in [1.165, 1.54) is 0 Å². The first-order chi connectivity index (χ1) is 1.41. The second-order valence-electron chi connectivity index (χ2n) is 0.0833. The zero-order valence-electron chi connectivity index (χ0n) is 1.32. The molecule has 0 heterocycles. The predicted octanol–water partition coefficient (Wildman–Crippen LogP) is -1.16. The van der Waals surface area contributed by atoms with E-state index >= 15 is 0 Å². The Morgan fingerprint density at radius 3 is 1.25 bits per heavy atom. The van der Waals surface area contributed by atoms with E-state index in [0.29, 0.717) is 0 Å². The van der Waals surface area contributed by atoms with Crippen LogP contribution in [0.25, 0.3) is 0 Å². The maximum absolute atomic E-state index is 8.54. The molecule has 0 saturated heterocycles. The van der Waals surface area contributed by atoms with Gasteiger partial charge in [0.2, 0.25) is 0 Å². The number of rotatable bonds is 0. The summed E-state index contributed by atoms with van der Waals surface area (Å²) < 4.78 is 17.1. The molecule has 0 radical (unpaired) electrons. The average Bonchev–Trinajstić information content (AvgIpc) is 0.918. The fraction of sp³-hybridized carbons (Fsp3) is 0. The summed E-state index contributed by atoms with van der Waals surface area (Å²) in [6.45, 7) is 0. The van der Waals surface area contributed by atoms with Crippen molar-refractivity contribution in [1.82, 2.24) is 0 Å². The van der Waals surface area contributed by atoms with Gasteiger partial charge in [-0.15, -0.1) is 0 Å². The molecule has 0 unspecified atom stereocenters. The first-order valence-electron chi connectivity index (χ1n) is 0.408. The molecule has 4 heavy (non-hydrogen) atoms. The Kier molecular flexibility index (Phi) is 19.9. The summed E-state index contributed by atoms with van der Waals surface area (Å²) in [5.74, 6) is 0. The molecule has 0 aromatic carbocycles. The van der Waals surface area contributed by atoms with Crippen LogP contribution in [0.1, 0.15) is 0 Å². The van der Waals surface area contributed by atoms with Crippen molar-refractivity contribution in [2.24, 2.45) is 0 Å². The van der Waals surface area contributed by atoms with Gasteiger partial charge in [0.15, 0.2) is 0 Å². The molecule has 0 spiro atoms. The molecule has 0 saturated carbocycles. The van der Waals surface area contributed by atoms with Crippen LogP contribution in [0, 0.1) is 0 Å². The summed E-state index contributed by atoms with van der Waals surface area (Å²) >= 11 is -2.27. The standard InChI is InChI=1S/Mg.2O.Zr.2H. The topological polar surface area (TPSA) is 34.1 Å². The molecule has 20 valence electrons. The average molecular weight is 150 g/mol. The van der Waals surface area contributed by atoms with Crippen LogP contribution in [-0.2, 0) is 28.9 Å². The van der Waals surface area contributed by atoms with Gasteiger partial charge in [0.05, 0.1) is 0 Å². The van der Waals surface area contributed by atoms with Crippen molar-refractivity contribution in [3.8, 4) is 0 Å². The molecule has 0 atom stereocenters. The van der Waals surface area contributed by atoms with E-state index in [4.69, 9.17) is 5.63 Å². The Morgan fingerprint density at radius 2 is 1.25 bits per heavy atom. The van der Waals surface area contributed by atoms with Crippen LogP contribution in [0.5, 0.6) is 0 Å². The van der Waals surface area contributed by atoms with E-state index in [0.717, 1.165) is 0 Å². The van der Waals surface area contributed by atoms with Crippen LogP contribution in [0.2, 0.25) is 0 Å². The molecule has 0 rings (SSSR count). The SMILES string of the molecule is [MgH2].[O]=[Zr]=[O]. The van der Waals surface area contributed by atoms with E-state index in [-0.39, 0.29) is 23.1 Å². The molecule has 2 nitrogen and oxygen atoms in total. The second-order valence-corrected chi connectivity index (χ2v) is 0.493. The van der Waals surface area contributed by atoms with E-state index in [9.17, 15) is 0 Å². The molecular formula is H2MgO2Zr. The third-order valence-electron chi connectivity index (χ3n) is 0. The van der Waals surface area contributed by atoms with Gasteiger partial charge in [0.25, 0.3) is 0 Å². The van der Waals surface area contributed by atoms with Crippen molar-refractivity contribution in [2.75, 3.05) is 0 Å². The molecule has 0 amide bonds. The summed E-state index contributed by atoms with van der Waals surface area (Å²) in [4.78, 5) is 0. The monoisotopic (exact) mass is 148 g/mol. The third-order valence-corrected chi connectivity index (χ3v) is 0. The summed E-state index contributed by atoms with van der Waals surface area (Å²) in [6, 6.07) is 0. The molecule has 0 bridgehead atoms. The summed E-state index contributed by atoms with van der Waals surface area (Å²) in [5.41, 5.74) is 0. The van der Waals surface area contributed by atoms with Crippen molar-refractivity contribution in [3.05, 3.63) is 0 Å². The Hall–Kier alpha value is 1.25. The fourth-order valence-corrected chi connectivity index (χ4v) is 0. The zero-order valence-corrected chi connectivity index (χ0v) is 3.77. The van der Waals surface area contributed by atoms with E-state index in [2.05, 4.69) is 0 Å². The minimum absolute atomic E-state index is 0. The van der Waals surface area contributed by atoms with Crippen LogP contribution < -0.4 is 0 Å². The van der Waals surface area contributed by atoms with Crippen LogP contribution in [0.3, 0.4) is 0 Å². The zero-order chi connectivity index (χ0) is 2.71. The molecule has 0 N–H and O–H groups in total. The fourth-order valence-electron chi connectivity index (χ4n) is 0. The first-order valence-corrected chi connectivity index (χ1v) is 2.42. The molecule has 0 aromatic heterocycles. The van der Waals surface area contributed by atoms with Gasteiger partial charge in [-0.1, -0.05) is 0 Å². The van der Waals surface area contributed by atoms with Gasteiger partial charge in [-0.05, 0) is 0 Å². The van der Waals surface area contributed by atoms with Crippen LogP contribution in [-0.4, -0.2) is 23.1 Å². The molecule has 0 fully saturated rings. The van der Waals surface area contributed by atoms with Crippen LogP contribution in [0.4, 0.5) is 0 Å². The second kappa shape index (κ2) is 8.87. The van der Waals surface area contributed by atoms with E-state index in [1.54, 1.807) is 0 Å². The maximum atomic E-state index is 8.54. The van der Waals surface area contributed by atoms with Gasteiger partial charge in [-0.2, -0.15) is 0 Å².